The maximum atomic E-state index is 12.6. The Bertz CT molecular complexity index is 891. The van der Waals surface area contributed by atoms with Crippen molar-refractivity contribution in [3.05, 3.63) is 77.9 Å². The lowest BCUT2D eigenvalue weighted by molar-refractivity contribution is 0.0939. The molecule has 0 aliphatic carbocycles. The Morgan fingerprint density at radius 2 is 1.62 bits per heavy atom. The minimum Gasteiger partial charge on any atom is -0.507 e. The fourth-order valence-electron chi connectivity index (χ4n) is 3.04. The van der Waals surface area contributed by atoms with Crippen LogP contribution in [-0.2, 0) is 6.42 Å². The van der Waals surface area contributed by atoms with Gasteiger partial charge in [-0.3, -0.25) is 4.79 Å². The number of phenolic OH excluding ortho intramolecular Hbond substituents is 1. The number of nitrogens with one attached hydrogen (secondary N) is 1. The van der Waals surface area contributed by atoms with Crippen LogP contribution in [0, 0.1) is 0 Å². The zero-order valence-corrected chi connectivity index (χ0v) is 15.1. The van der Waals surface area contributed by atoms with Gasteiger partial charge in [-0.2, -0.15) is 0 Å². The van der Waals surface area contributed by atoms with Crippen molar-refractivity contribution in [1.82, 2.24) is 10.2 Å². The predicted octanol–water partition coefficient (Wildman–Crippen LogP) is 3.45. The average Bonchev–Trinajstić information content (AvgIpc) is 2.65. The summed E-state index contributed by atoms with van der Waals surface area (Å²) in [5.41, 5.74) is 1.54. The molecule has 0 saturated carbocycles. The Morgan fingerprint density at radius 3 is 2.27 bits per heavy atom. The maximum Gasteiger partial charge on any atom is 0.255 e. The van der Waals surface area contributed by atoms with E-state index in [4.69, 9.17) is 0 Å². The molecule has 0 saturated heterocycles. The molecule has 1 unspecified atom stereocenters. The Labute approximate surface area is 154 Å². The molecule has 0 radical (unpaired) electrons. The lowest BCUT2D eigenvalue weighted by atomic mass is 10.0. The van der Waals surface area contributed by atoms with Gasteiger partial charge in [0.25, 0.3) is 5.91 Å². The molecule has 4 heteroatoms. The molecule has 0 aliphatic rings. The monoisotopic (exact) mass is 348 g/mol. The molecule has 1 atom stereocenters. The van der Waals surface area contributed by atoms with Gasteiger partial charge < -0.3 is 15.3 Å². The number of hydrogen-bond acceptors (Lipinski definition) is 3. The van der Waals surface area contributed by atoms with Crippen molar-refractivity contribution in [3.8, 4) is 5.75 Å². The summed E-state index contributed by atoms with van der Waals surface area (Å²) in [5, 5.41) is 15.0. The summed E-state index contributed by atoms with van der Waals surface area (Å²) in [6.45, 7) is 0.507. The molecule has 1 amide bonds. The van der Waals surface area contributed by atoms with Crippen molar-refractivity contribution < 1.29 is 9.90 Å². The highest BCUT2D eigenvalue weighted by molar-refractivity contribution is 6.01. The van der Waals surface area contributed by atoms with Crippen molar-refractivity contribution in [2.45, 2.75) is 12.5 Å². The van der Waals surface area contributed by atoms with E-state index in [9.17, 15) is 9.90 Å². The second kappa shape index (κ2) is 8.02. The number of carbonyl (C=O) groups excluding carboxylic acids is 1. The number of amides is 1. The number of fused-ring (bicyclic) bond motifs is 1. The van der Waals surface area contributed by atoms with Crippen LogP contribution in [0.3, 0.4) is 0 Å². The summed E-state index contributed by atoms with van der Waals surface area (Å²) in [7, 11) is 4.01. The van der Waals surface area contributed by atoms with Gasteiger partial charge in [-0.25, -0.2) is 0 Å². The molecule has 134 valence electrons. The number of rotatable bonds is 6. The molecule has 0 spiro atoms. The summed E-state index contributed by atoms with van der Waals surface area (Å²) in [5.74, 6) is -0.251. The molecule has 2 N–H and O–H groups in total. The fraction of sp³-hybridized carbons (Fsp3) is 0.227. The van der Waals surface area contributed by atoms with Crippen molar-refractivity contribution in [3.63, 3.8) is 0 Å². The summed E-state index contributed by atoms with van der Waals surface area (Å²) >= 11 is 0. The van der Waals surface area contributed by atoms with E-state index in [1.807, 2.05) is 56.6 Å². The minimum absolute atomic E-state index is 0.00524. The summed E-state index contributed by atoms with van der Waals surface area (Å²) in [6, 6.07) is 21.4. The van der Waals surface area contributed by atoms with Crippen LogP contribution < -0.4 is 5.32 Å². The number of aromatic hydroxyl groups is 1. The van der Waals surface area contributed by atoms with Crippen molar-refractivity contribution >= 4 is 16.7 Å². The largest absolute Gasteiger partial charge is 0.507 e. The second-order valence-electron chi connectivity index (χ2n) is 6.73. The molecular weight excluding hydrogens is 324 g/mol. The molecule has 3 aromatic carbocycles. The standard InChI is InChI=1S/C22H24N2O2/c1-24(2)19(12-16-8-4-3-5-9-16)15-23-22(26)20-13-17-10-6-7-11-18(17)14-21(20)25/h3-11,13-14,19,25H,12,15H2,1-2H3,(H,23,26). The van der Waals surface area contributed by atoms with E-state index in [1.165, 1.54) is 5.56 Å². The van der Waals surface area contributed by atoms with E-state index < -0.39 is 0 Å². The highest BCUT2D eigenvalue weighted by atomic mass is 16.3. The van der Waals surface area contributed by atoms with Gasteiger partial charge in [0.2, 0.25) is 0 Å². The van der Waals surface area contributed by atoms with Gasteiger partial charge in [0.15, 0.2) is 0 Å². The van der Waals surface area contributed by atoms with Crippen LogP contribution >= 0.6 is 0 Å². The van der Waals surface area contributed by atoms with Crippen LogP contribution in [0.5, 0.6) is 5.75 Å². The number of nitrogens with zero attached hydrogens (tertiary/aromatic N) is 1. The van der Waals surface area contributed by atoms with Gasteiger partial charge in [0, 0.05) is 12.6 Å². The lowest BCUT2D eigenvalue weighted by Gasteiger charge is -2.25. The second-order valence-corrected chi connectivity index (χ2v) is 6.73. The Kier molecular flexibility index (Phi) is 5.54. The first kappa shape index (κ1) is 18.0. The molecule has 3 aromatic rings. The maximum absolute atomic E-state index is 12.6. The third-order valence-corrected chi connectivity index (χ3v) is 4.65. The van der Waals surface area contributed by atoms with E-state index in [1.54, 1.807) is 12.1 Å². The van der Waals surface area contributed by atoms with Crippen LogP contribution in [0.1, 0.15) is 15.9 Å². The quantitative estimate of drug-likeness (QED) is 0.717. The Morgan fingerprint density at radius 1 is 1.00 bits per heavy atom. The first-order valence-electron chi connectivity index (χ1n) is 8.75. The van der Waals surface area contributed by atoms with Gasteiger partial charge in [0.1, 0.15) is 5.75 Å². The van der Waals surface area contributed by atoms with Gasteiger partial charge in [-0.1, -0.05) is 54.6 Å². The van der Waals surface area contributed by atoms with E-state index in [2.05, 4.69) is 22.3 Å². The minimum atomic E-state index is -0.256. The van der Waals surface area contributed by atoms with Gasteiger partial charge >= 0.3 is 0 Å². The number of likely N-dealkylation sites (N-methyl/N-ethyl adjacent to an activating group) is 1. The molecule has 3 rings (SSSR count). The first-order chi connectivity index (χ1) is 12.5. The number of phenols is 1. The molecule has 0 aromatic heterocycles. The third kappa shape index (κ3) is 4.21. The molecule has 0 fully saturated rings. The zero-order chi connectivity index (χ0) is 18.5. The van der Waals surface area contributed by atoms with Crippen molar-refractivity contribution in [2.24, 2.45) is 0 Å². The van der Waals surface area contributed by atoms with Crippen molar-refractivity contribution in [2.75, 3.05) is 20.6 Å². The third-order valence-electron chi connectivity index (χ3n) is 4.65. The van der Waals surface area contributed by atoms with Crippen LogP contribution in [0.4, 0.5) is 0 Å². The predicted molar refractivity (Wildman–Crippen MR) is 106 cm³/mol. The Hall–Kier alpha value is -2.85. The molecule has 0 aliphatic heterocycles. The van der Waals surface area contributed by atoms with Gasteiger partial charge in [0.05, 0.1) is 5.56 Å². The van der Waals surface area contributed by atoms with Crippen LogP contribution in [0.15, 0.2) is 66.7 Å². The summed E-state index contributed by atoms with van der Waals surface area (Å²) in [4.78, 5) is 14.7. The molecular formula is C22H24N2O2. The average molecular weight is 348 g/mol. The normalized spacial score (nSPS) is 12.3. The SMILES string of the molecule is CN(C)C(CNC(=O)c1cc2ccccc2cc1O)Cc1ccccc1. The molecule has 0 bridgehead atoms. The fourth-order valence-corrected chi connectivity index (χ4v) is 3.04. The van der Waals surface area contributed by atoms with Crippen LogP contribution in [0.2, 0.25) is 0 Å². The van der Waals surface area contributed by atoms with Crippen molar-refractivity contribution in [1.29, 1.82) is 0 Å². The molecule has 0 heterocycles. The van der Waals surface area contributed by atoms with Crippen LogP contribution in [-0.4, -0.2) is 42.6 Å². The topological polar surface area (TPSA) is 52.6 Å². The smallest absolute Gasteiger partial charge is 0.255 e. The van der Waals surface area contributed by atoms with E-state index in [0.717, 1.165) is 17.2 Å². The van der Waals surface area contributed by atoms with E-state index >= 15 is 0 Å². The Balaban J connectivity index is 1.71. The molecule has 4 nitrogen and oxygen atoms in total. The zero-order valence-electron chi connectivity index (χ0n) is 15.1. The first-order valence-corrected chi connectivity index (χ1v) is 8.75. The van der Waals surface area contributed by atoms with Gasteiger partial charge in [-0.05, 0) is 49.0 Å². The summed E-state index contributed by atoms with van der Waals surface area (Å²) < 4.78 is 0. The van der Waals surface area contributed by atoms with E-state index in [-0.39, 0.29) is 17.7 Å². The number of hydrogen-bond donors (Lipinski definition) is 2. The highest BCUT2D eigenvalue weighted by Crippen LogP contribution is 2.24. The molecule has 26 heavy (non-hydrogen) atoms. The lowest BCUT2D eigenvalue weighted by Crippen LogP contribution is -2.41. The number of benzene rings is 3. The summed E-state index contributed by atoms with van der Waals surface area (Å²) in [6.07, 6.45) is 0.845. The highest BCUT2D eigenvalue weighted by Gasteiger charge is 2.17. The number of carbonyl (C=O) groups is 1. The van der Waals surface area contributed by atoms with Crippen LogP contribution in [0.25, 0.3) is 10.8 Å². The van der Waals surface area contributed by atoms with Gasteiger partial charge in [-0.15, -0.1) is 0 Å². The van der Waals surface area contributed by atoms with E-state index in [0.29, 0.717) is 12.1 Å².